The van der Waals surface area contributed by atoms with Crippen molar-refractivity contribution in [2.45, 2.75) is 25.2 Å². The van der Waals surface area contributed by atoms with Crippen LogP contribution in [0.15, 0.2) is 12.1 Å². The van der Waals surface area contributed by atoms with Crippen molar-refractivity contribution >= 4 is 5.69 Å². The van der Waals surface area contributed by atoms with Crippen LogP contribution >= 0.6 is 0 Å². The molecule has 0 spiro atoms. The molecule has 0 atom stereocenters. The van der Waals surface area contributed by atoms with Gasteiger partial charge in [0.1, 0.15) is 5.75 Å². The van der Waals surface area contributed by atoms with Crippen molar-refractivity contribution in [2.75, 3.05) is 25.6 Å². The normalized spacial score (nSPS) is 20.5. The van der Waals surface area contributed by atoms with Gasteiger partial charge in [-0.1, -0.05) is 6.07 Å². The van der Waals surface area contributed by atoms with Crippen LogP contribution in [0.3, 0.4) is 0 Å². The fraction of sp³-hybridized carbons (Fsp3) is 0.538. The van der Waals surface area contributed by atoms with Crippen molar-refractivity contribution in [2.24, 2.45) is 0 Å². The second kappa shape index (κ2) is 3.98. The first-order valence-corrected chi connectivity index (χ1v) is 5.98. The third kappa shape index (κ3) is 1.55. The largest absolute Gasteiger partial charge is 0.493 e. The van der Waals surface area contributed by atoms with E-state index in [9.17, 15) is 0 Å². The Labute approximate surface area is 95.5 Å². The van der Waals surface area contributed by atoms with Crippen molar-refractivity contribution in [3.63, 3.8) is 0 Å². The Balaban J connectivity index is 1.98. The Hall–Kier alpha value is -1.22. The van der Waals surface area contributed by atoms with Gasteiger partial charge >= 0.3 is 0 Å². The number of rotatable bonds is 1. The minimum Gasteiger partial charge on any atom is -0.493 e. The van der Waals surface area contributed by atoms with E-state index in [1.54, 1.807) is 0 Å². The lowest BCUT2D eigenvalue weighted by Gasteiger charge is -2.24. The molecule has 86 valence electrons. The number of nitrogen functional groups attached to an aromatic ring is 1. The average molecular weight is 219 g/mol. The first-order valence-electron chi connectivity index (χ1n) is 5.98. The number of ether oxygens (including phenoxy) is 2. The standard InChI is InChI=1S/C13H17NO2/c14-12-2-1-10(9-3-6-15-7-4-9)13-11(12)5-8-16-13/h1-2,9H,3-8,14H2. The van der Waals surface area contributed by atoms with Gasteiger partial charge in [-0.25, -0.2) is 0 Å². The van der Waals surface area contributed by atoms with Crippen molar-refractivity contribution in [1.82, 2.24) is 0 Å². The number of fused-ring (bicyclic) bond motifs is 1. The van der Waals surface area contributed by atoms with Crippen molar-refractivity contribution in [3.05, 3.63) is 23.3 Å². The molecule has 3 rings (SSSR count). The maximum atomic E-state index is 5.97. The summed E-state index contributed by atoms with van der Waals surface area (Å²) >= 11 is 0. The van der Waals surface area contributed by atoms with Gasteiger partial charge in [0.25, 0.3) is 0 Å². The molecule has 1 saturated heterocycles. The van der Waals surface area contributed by atoms with Crippen LogP contribution < -0.4 is 10.5 Å². The summed E-state index contributed by atoms with van der Waals surface area (Å²) in [5, 5.41) is 0. The molecule has 1 aromatic rings. The van der Waals surface area contributed by atoms with Crippen LogP contribution in [0.1, 0.15) is 29.9 Å². The van der Waals surface area contributed by atoms with E-state index < -0.39 is 0 Å². The van der Waals surface area contributed by atoms with Crippen LogP contribution in [-0.2, 0) is 11.2 Å². The smallest absolute Gasteiger partial charge is 0.128 e. The molecule has 0 aromatic heterocycles. The van der Waals surface area contributed by atoms with Crippen LogP contribution in [0.2, 0.25) is 0 Å². The maximum Gasteiger partial charge on any atom is 0.128 e. The molecule has 2 heterocycles. The molecular formula is C13H17NO2. The topological polar surface area (TPSA) is 44.5 Å². The zero-order chi connectivity index (χ0) is 11.0. The number of hydrogen-bond donors (Lipinski definition) is 1. The highest BCUT2D eigenvalue weighted by Crippen LogP contribution is 2.40. The van der Waals surface area contributed by atoms with Gasteiger partial charge in [0.2, 0.25) is 0 Å². The molecule has 3 nitrogen and oxygen atoms in total. The van der Waals surface area contributed by atoms with E-state index in [4.69, 9.17) is 15.2 Å². The van der Waals surface area contributed by atoms with Crippen LogP contribution in [0.4, 0.5) is 5.69 Å². The molecule has 1 fully saturated rings. The fourth-order valence-electron chi connectivity index (χ4n) is 2.67. The van der Waals surface area contributed by atoms with Gasteiger partial charge < -0.3 is 15.2 Å². The minimum absolute atomic E-state index is 0.584. The third-order valence-electron chi connectivity index (χ3n) is 3.59. The van der Waals surface area contributed by atoms with Crippen molar-refractivity contribution < 1.29 is 9.47 Å². The van der Waals surface area contributed by atoms with Crippen LogP contribution in [0.25, 0.3) is 0 Å². The number of hydrogen-bond acceptors (Lipinski definition) is 3. The molecule has 0 aliphatic carbocycles. The van der Waals surface area contributed by atoms with E-state index in [-0.39, 0.29) is 0 Å². The molecule has 0 saturated carbocycles. The number of nitrogens with two attached hydrogens (primary N) is 1. The summed E-state index contributed by atoms with van der Waals surface area (Å²) in [5.41, 5.74) is 9.39. The predicted molar refractivity (Wildman–Crippen MR) is 62.8 cm³/mol. The Morgan fingerprint density at radius 3 is 2.75 bits per heavy atom. The minimum atomic E-state index is 0.584. The van der Waals surface area contributed by atoms with E-state index in [0.29, 0.717) is 5.92 Å². The molecule has 2 N–H and O–H groups in total. The van der Waals surface area contributed by atoms with Crippen LogP contribution in [0, 0.1) is 0 Å². The Bertz CT molecular complexity index is 397. The zero-order valence-electron chi connectivity index (χ0n) is 9.37. The van der Waals surface area contributed by atoms with Gasteiger partial charge in [-0.15, -0.1) is 0 Å². The van der Waals surface area contributed by atoms with Gasteiger partial charge in [-0.2, -0.15) is 0 Å². The lowest BCUT2D eigenvalue weighted by Crippen LogP contribution is -2.14. The molecule has 2 aliphatic rings. The van der Waals surface area contributed by atoms with Crippen LogP contribution in [-0.4, -0.2) is 19.8 Å². The molecule has 16 heavy (non-hydrogen) atoms. The predicted octanol–water partition coefficient (Wildman–Crippen LogP) is 2.10. The van der Waals surface area contributed by atoms with E-state index in [2.05, 4.69) is 6.07 Å². The summed E-state index contributed by atoms with van der Waals surface area (Å²) in [6.45, 7) is 2.51. The average Bonchev–Trinajstić information content (AvgIpc) is 2.81. The lowest BCUT2D eigenvalue weighted by atomic mass is 9.89. The Morgan fingerprint density at radius 1 is 1.12 bits per heavy atom. The quantitative estimate of drug-likeness (QED) is 0.736. The molecule has 1 aromatic carbocycles. The van der Waals surface area contributed by atoms with Gasteiger partial charge in [-0.3, -0.25) is 0 Å². The molecular weight excluding hydrogens is 202 g/mol. The second-order valence-corrected chi connectivity index (χ2v) is 4.54. The van der Waals surface area contributed by atoms with Crippen molar-refractivity contribution in [1.29, 1.82) is 0 Å². The molecule has 0 bridgehead atoms. The number of benzene rings is 1. The van der Waals surface area contributed by atoms with Gasteiger partial charge in [-0.05, 0) is 30.4 Å². The summed E-state index contributed by atoms with van der Waals surface area (Å²) in [4.78, 5) is 0. The van der Waals surface area contributed by atoms with Gasteiger partial charge in [0.15, 0.2) is 0 Å². The summed E-state index contributed by atoms with van der Waals surface area (Å²) in [5.74, 6) is 1.65. The highest BCUT2D eigenvalue weighted by Gasteiger charge is 2.25. The summed E-state index contributed by atoms with van der Waals surface area (Å²) in [6.07, 6.45) is 3.15. The highest BCUT2D eigenvalue weighted by molar-refractivity contribution is 5.60. The summed E-state index contributed by atoms with van der Waals surface area (Å²) < 4.78 is 11.1. The van der Waals surface area contributed by atoms with Gasteiger partial charge in [0.05, 0.1) is 6.61 Å². The van der Waals surface area contributed by atoms with E-state index in [0.717, 1.165) is 50.5 Å². The second-order valence-electron chi connectivity index (χ2n) is 4.54. The first-order chi connectivity index (χ1) is 7.86. The zero-order valence-corrected chi connectivity index (χ0v) is 9.37. The van der Waals surface area contributed by atoms with Crippen LogP contribution in [0.5, 0.6) is 5.75 Å². The molecule has 0 amide bonds. The monoisotopic (exact) mass is 219 g/mol. The van der Waals surface area contributed by atoms with E-state index in [1.807, 2.05) is 6.07 Å². The molecule has 0 unspecified atom stereocenters. The van der Waals surface area contributed by atoms with Gasteiger partial charge in [0, 0.05) is 30.9 Å². The molecule has 2 aliphatic heterocycles. The Kier molecular flexibility index (Phi) is 2.48. The SMILES string of the molecule is Nc1ccc(C2CCOCC2)c2c1CCO2. The van der Waals surface area contributed by atoms with Crippen molar-refractivity contribution in [3.8, 4) is 5.75 Å². The lowest BCUT2D eigenvalue weighted by molar-refractivity contribution is 0.0848. The molecule has 0 radical (unpaired) electrons. The molecule has 3 heteroatoms. The summed E-state index contributed by atoms with van der Waals surface area (Å²) in [6, 6.07) is 4.16. The number of anilines is 1. The van der Waals surface area contributed by atoms with E-state index >= 15 is 0 Å². The maximum absolute atomic E-state index is 5.97. The Morgan fingerprint density at radius 2 is 1.94 bits per heavy atom. The highest BCUT2D eigenvalue weighted by atomic mass is 16.5. The fourth-order valence-corrected chi connectivity index (χ4v) is 2.67. The third-order valence-corrected chi connectivity index (χ3v) is 3.59. The first kappa shape index (κ1) is 9.97. The van der Waals surface area contributed by atoms with E-state index in [1.165, 1.54) is 11.1 Å². The summed E-state index contributed by atoms with van der Waals surface area (Å²) in [7, 11) is 0.